The molecule has 0 saturated carbocycles. The molecule has 218 valence electrons. The summed E-state index contributed by atoms with van der Waals surface area (Å²) in [6.45, 7) is 9.79. The highest BCUT2D eigenvalue weighted by molar-refractivity contribution is 5.18. The number of hydrogen-bond donors (Lipinski definition) is 1. The van der Waals surface area contributed by atoms with Crippen LogP contribution in [0.5, 0.6) is 0 Å². The largest absolute Gasteiger partial charge is 0.386 e. The van der Waals surface area contributed by atoms with Gasteiger partial charge in [0.05, 0.1) is 33.0 Å². The standard InChI is InChI=1S/C37H40O5/c1-3-34(38)36(41-27-32-20-12-6-13-21-32)37(42-28-33-22-14-7-15-23-33)35(40-26-31-18-10-5-11-19-31)29(2)24-39-25-30-16-8-4-9-17-30/h3-23,34-38H,1-2,24-28H2/t34-,35-,36-,37+/m1/s1. The molecule has 0 amide bonds. The summed E-state index contributed by atoms with van der Waals surface area (Å²) in [6, 6.07) is 39.7. The van der Waals surface area contributed by atoms with Gasteiger partial charge in [0.25, 0.3) is 0 Å². The minimum absolute atomic E-state index is 0.245. The molecule has 0 bridgehead atoms. The first-order chi connectivity index (χ1) is 20.6. The molecule has 5 heteroatoms. The Kier molecular flexibility index (Phi) is 12.7. The Balaban J connectivity index is 1.60. The Morgan fingerprint density at radius 1 is 0.571 bits per heavy atom. The van der Waals surface area contributed by atoms with Crippen molar-refractivity contribution in [2.24, 2.45) is 0 Å². The third kappa shape index (κ3) is 9.91. The molecule has 0 aliphatic carbocycles. The topological polar surface area (TPSA) is 57.2 Å². The van der Waals surface area contributed by atoms with Crippen LogP contribution in [0.1, 0.15) is 22.3 Å². The molecule has 0 fully saturated rings. The molecule has 0 aliphatic rings. The van der Waals surface area contributed by atoms with Gasteiger partial charge in [-0.05, 0) is 27.8 Å². The maximum Gasteiger partial charge on any atom is 0.117 e. The average Bonchev–Trinajstić information content (AvgIpc) is 3.05. The van der Waals surface area contributed by atoms with Crippen molar-refractivity contribution in [1.29, 1.82) is 0 Å². The Bertz CT molecular complexity index is 1310. The molecule has 42 heavy (non-hydrogen) atoms. The van der Waals surface area contributed by atoms with Crippen LogP contribution in [0.25, 0.3) is 0 Å². The van der Waals surface area contributed by atoms with Crippen LogP contribution in [0.2, 0.25) is 0 Å². The van der Waals surface area contributed by atoms with Gasteiger partial charge in [0, 0.05) is 0 Å². The zero-order valence-corrected chi connectivity index (χ0v) is 24.0. The molecular formula is C37H40O5. The van der Waals surface area contributed by atoms with Crippen LogP contribution in [0.4, 0.5) is 0 Å². The number of hydrogen-bond acceptors (Lipinski definition) is 5. The normalized spacial score (nSPS) is 14.0. The second kappa shape index (κ2) is 17.2. The summed E-state index contributed by atoms with van der Waals surface area (Å²) in [5.41, 5.74) is 4.73. The molecule has 4 rings (SSSR count). The molecule has 5 nitrogen and oxygen atoms in total. The van der Waals surface area contributed by atoms with E-state index in [1.54, 1.807) is 0 Å². The number of aliphatic hydroxyl groups excluding tert-OH is 1. The van der Waals surface area contributed by atoms with E-state index in [1.165, 1.54) is 6.08 Å². The van der Waals surface area contributed by atoms with Crippen molar-refractivity contribution in [1.82, 2.24) is 0 Å². The second-order valence-corrected chi connectivity index (χ2v) is 10.1. The maximum absolute atomic E-state index is 11.2. The van der Waals surface area contributed by atoms with E-state index in [4.69, 9.17) is 18.9 Å². The second-order valence-electron chi connectivity index (χ2n) is 10.1. The molecular weight excluding hydrogens is 524 g/mol. The van der Waals surface area contributed by atoms with Crippen LogP contribution in [0.15, 0.2) is 146 Å². The summed E-state index contributed by atoms with van der Waals surface area (Å²) in [4.78, 5) is 0. The summed E-state index contributed by atoms with van der Waals surface area (Å²) < 4.78 is 25.5. The minimum atomic E-state index is -1.02. The van der Waals surface area contributed by atoms with Crippen molar-refractivity contribution in [2.75, 3.05) is 6.61 Å². The lowest BCUT2D eigenvalue weighted by atomic mass is 9.97. The van der Waals surface area contributed by atoms with Crippen molar-refractivity contribution in [2.45, 2.75) is 50.8 Å². The first-order valence-corrected chi connectivity index (χ1v) is 14.2. The van der Waals surface area contributed by atoms with Gasteiger partial charge in [0.15, 0.2) is 0 Å². The van der Waals surface area contributed by atoms with Gasteiger partial charge in [-0.2, -0.15) is 0 Å². The zero-order valence-electron chi connectivity index (χ0n) is 24.0. The number of rotatable bonds is 18. The fourth-order valence-electron chi connectivity index (χ4n) is 4.57. The summed E-state index contributed by atoms with van der Waals surface area (Å²) in [5, 5.41) is 11.2. The molecule has 0 aromatic heterocycles. The Morgan fingerprint density at radius 2 is 0.952 bits per heavy atom. The van der Waals surface area contributed by atoms with E-state index in [9.17, 15) is 5.11 Å². The lowest BCUT2D eigenvalue weighted by Gasteiger charge is -2.36. The summed E-state index contributed by atoms with van der Waals surface area (Å²) >= 11 is 0. The van der Waals surface area contributed by atoms with E-state index in [2.05, 4.69) is 13.2 Å². The molecule has 0 heterocycles. The molecule has 4 aromatic rings. The van der Waals surface area contributed by atoms with Crippen LogP contribution in [-0.4, -0.2) is 36.1 Å². The average molecular weight is 565 g/mol. The molecule has 1 N–H and O–H groups in total. The van der Waals surface area contributed by atoms with Crippen LogP contribution in [-0.2, 0) is 45.4 Å². The molecule has 0 spiro atoms. The fraction of sp³-hybridized carbons (Fsp3) is 0.243. The van der Waals surface area contributed by atoms with E-state index < -0.39 is 24.4 Å². The van der Waals surface area contributed by atoms with Crippen molar-refractivity contribution in [3.05, 3.63) is 168 Å². The zero-order chi connectivity index (χ0) is 29.4. The van der Waals surface area contributed by atoms with E-state index in [-0.39, 0.29) is 13.2 Å². The van der Waals surface area contributed by atoms with Crippen molar-refractivity contribution >= 4 is 0 Å². The van der Waals surface area contributed by atoms with Gasteiger partial charge in [0.1, 0.15) is 24.4 Å². The number of aliphatic hydroxyl groups is 1. The Morgan fingerprint density at radius 3 is 1.38 bits per heavy atom. The van der Waals surface area contributed by atoms with Gasteiger partial charge in [-0.1, -0.05) is 134 Å². The lowest BCUT2D eigenvalue weighted by Crippen LogP contribution is -2.49. The van der Waals surface area contributed by atoms with Crippen LogP contribution >= 0.6 is 0 Å². The highest BCUT2D eigenvalue weighted by Gasteiger charge is 2.37. The summed E-state index contributed by atoms with van der Waals surface area (Å²) in [6.07, 6.45) is -1.72. The SMILES string of the molecule is C=C[C@@H](O)[C@@H](OCc1ccccc1)[C@@H](OCc1ccccc1)[C@H](OCc1ccccc1)C(=C)COCc1ccccc1. The maximum atomic E-state index is 11.2. The highest BCUT2D eigenvalue weighted by Crippen LogP contribution is 2.25. The molecule has 4 aromatic carbocycles. The van der Waals surface area contributed by atoms with E-state index in [1.807, 2.05) is 121 Å². The number of benzene rings is 4. The van der Waals surface area contributed by atoms with Gasteiger partial charge in [-0.3, -0.25) is 0 Å². The third-order valence-corrected chi connectivity index (χ3v) is 6.84. The van der Waals surface area contributed by atoms with E-state index >= 15 is 0 Å². The smallest absolute Gasteiger partial charge is 0.117 e. The Hall–Kier alpha value is -3.84. The van der Waals surface area contributed by atoms with Crippen LogP contribution < -0.4 is 0 Å². The molecule has 0 saturated heterocycles. The highest BCUT2D eigenvalue weighted by atomic mass is 16.6. The van der Waals surface area contributed by atoms with Crippen molar-refractivity contribution < 1.29 is 24.1 Å². The Labute approximate surface area is 249 Å². The monoisotopic (exact) mass is 564 g/mol. The lowest BCUT2D eigenvalue weighted by molar-refractivity contribution is -0.165. The molecule has 0 unspecified atom stereocenters. The molecule has 4 atom stereocenters. The van der Waals surface area contributed by atoms with Gasteiger partial charge in [-0.15, -0.1) is 6.58 Å². The molecule has 0 radical (unpaired) electrons. The van der Waals surface area contributed by atoms with Gasteiger partial charge >= 0.3 is 0 Å². The first kappa shape index (κ1) is 31.1. The van der Waals surface area contributed by atoms with Gasteiger partial charge in [-0.25, -0.2) is 0 Å². The fourth-order valence-corrected chi connectivity index (χ4v) is 4.57. The van der Waals surface area contributed by atoms with Crippen molar-refractivity contribution in [3.63, 3.8) is 0 Å². The van der Waals surface area contributed by atoms with Gasteiger partial charge in [0.2, 0.25) is 0 Å². The molecule has 0 aliphatic heterocycles. The summed E-state index contributed by atoms with van der Waals surface area (Å²) in [5.74, 6) is 0. The minimum Gasteiger partial charge on any atom is -0.386 e. The predicted molar refractivity (Wildman–Crippen MR) is 166 cm³/mol. The summed E-state index contributed by atoms with van der Waals surface area (Å²) in [7, 11) is 0. The van der Waals surface area contributed by atoms with Crippen LogP contribution in [0.3, 0.4) is 0 Å². The quantitative estimate of drug-likeness (QED) is 0.131. The van der Waals surface area contributed by atoms with E-state index in [0.717, 1.165) is 22.3 Å². The first-order valence-electron chi connectivity index (χ1n) is 14.2. The van der Waals surface area contributed by atoms with Crippen LogP contribution in [0, 0.1) is 0 Å². The predicted octanol–water partition coefficient (Wildman–Crippen LogP) is 7.06. The van der Waals surface area contributed by atoms with Gasteiger partial charge < -0.3 is 24.1 Å². The van der Waals surface area contributed by atoms with E-state index in [0.29, 0.717) is 25.4 Å². The van der Waals surface area contributed by atoms with Crippen molar-refractivity contribution in [3.8, 4) is 0 Å². The third-order valence-electron chi connectivity index (χ3n) is 6.84. The number of ether oxygens (including phenoxy) is 4.